The molecule has 4 heterocycles. The van der Waals surface area contributed by atoms with Crippen molar-refractivity contribution in [3.8, 4) is 26.3 Å². The molecule has 0 amide bonds. The van der Waals surface area contributed by atoms with E-state index in [1.54, 1.807) is 17.4 Å². The molecule has 11 heteroatoms. The number of anilines is 1. The van der Waals surface area contributed by atoms with Gasteiger partial charge in [-0.1, -0.05) is 29.5 Å². The smallest absolute Gasteiger partial charge is 0.419 e. The molecule has 0 bridgehead atoms. The van der Waals surface area contributed by atoms with Crippen LogP contribution in [-0.2, 0) is 6.18 Å². The van der Waals surface area contributed by atoms with Crippen LogP contribution in [0.15, 0.2) is 53.9 Å². The van der Waals surface area contributed by atoms with E-state index < -0.39 is 11.7 Å². The van der Waals surface area contributed by atoms with Gasteiger partial charge in [0.2, 0.25) is 0 Å². The van der Waals surface area contributed by atoms with Crippen LogP contribution in [0.5, 0.6) is 5.75 Å². The third-order valence-electron chi connectivity index (χ3n) is 5.28. The zero-order valence-corrected chi connectivity index (χ0v) is 18.8. The highest BCUT2D eigenvalue weighted by Crippen LogP contribution is 2.37. The molecule has 170 valence electrons. The molecule has 3 aromatic heterocycles. The average molecular weight is 490 g/mol. The molecular formula is C22H18F3N5OS2. The molecule has 0 atom stereocenters. The topological polar surface area (TPSA) is 64.0 Å². The summed E-state index contributed by atoms with van der Waals surface area (Å²) in [4.78, 5) is 3.12. The fourth-order valence-corrected chi connectivity index (χ4v) is 5.22. The second-order valence-corrected chi connectivity index (χ2v) is 9.39. The minimum absolute atomic E-state index is 0.119. The summed E-state index contributed by atoms with van der Waals surface area (Å²) >= 11 is 3.07. The molecule has 0 spiro atoms. The van der Waals surface area contributed by atoms with E-state index in [0.29, 0.717) is 36.6 Å². The maximum Gasteiger partial charge on any atom is 0.419 e. The van der Waals surface area contributed by atoms with Crippen LogP contribution >= 0.6 is 22.7 Å². The number of thiophene rings is 1. The molecule has 0 saturated carbocycles. The summed E-state index contributed by atoms with van der Waals surface area (Å²) < 4.78 is 45.3. The van der Waals surface area contributed by atoms with Gasteiger partial charge < -0.3 is 9.64 Å². The lowest BCUT2D eigenvalue weighted by molar-refractivity contribution is -0.139. The number of benzene rings is 1. The van der Waals surface area contributed by atoms with E-state index >= 15 is 0 Å². The summed E-state index contributed by atoms with van der Waals surface area (Å²) in [6.07, 6.45) is -3.53. The van der Waals surface area contributed by atoms with Crippen LogP contribution in [0.4, 0.5) is 19.0 Å². The molecule has 1 aliphatic rings. The third-order valence-corrected chi connectivity index (χ3v) is 7.26. The Bertz CT molecular complexity index is 1200. The average Bonchev–Trinajstić information content (AvgIpc) is 3.52. The van der Waals surface area contributed by atoms with E-state index in [4.69, 9.17) is 4.74 Å². The Morgan fingerprint density at radius 1 is 0.879 bits per heavy atom. The first-order chi connectivity index (χ1) is 16.0. The van der Waals surface area contributed by atoms with Gasteiger partial charge in [-0.15, -0.1) is 31.7 Å². The summed E-state index contributed by atoms with van der Waals surface area (Å²) in [5, 5.41) is 20.6. The molecule has 5 rings (SSSR count). The van der Waals surface area contributed by atoms with Gasteiger partial charge in [0.1, 0.15) is 17.5 Å². The first-order valence-corrected chi connectivity index (χ1v) is 12.0. The van der Waals surface area contributed by atoms with Gasteiger partial charge in [-0.3, -0.25) is 0 Å². The molecule has 33 heavy (non-hydrogen) atoms. The second kappa shape index (κ2) is 9.06. The maximum atomic E-state index is 13.2. The first kappa shape index (κ1) is 21.8. The first-order valence-electron chi connectivity index (χ1n) is 10.3. The molecule has 0 unspecified atom stereocenters. The van der Waals surface area contributed by atoms with Crippen molar-refractivity contribution in [2.45, 2.75) is 25.1 Å². The Morgan fingerprint density at radius 3 is 2.36 bits per heavy atom. The molecule has 0 radical (unpaired) electrons. The van der Waals surface area contributed by atoms with Crippen molar-refractivity contribution >= 4 is 28.5 Å². The van der Waals surface area contributed by atoms with Gasteiger partial charge in [-0.05, 0) is 35.7 Å². The van der Waals surface area contributed by atoms with Gasteiger partial charge in [-0.25, -0.2) is 0 Å². The van der Waals surface area contributed by atoms with E-state index in [1.807, 2.05) is 29.6 Å². The number of para-hydroxylation sites is 1. The minimum atomic E-state index is -4.44. The number of alkyl halides is 3. The van der Waals surface area contributed by atoms with E-state index in [0.717, 1.165) is 21.8 Å². The molecule has 1 aromatic carbocycles. The monoisotopic (exact) mass is 489 g/mol. The van der Waals surface area contributed by atoms with Crippen molar-refractivity contribution < 1.29 is 17.9 Å². The largest absolute Gasteiger partial charge is 0.490 e. The number of aromatic nitrogens is 4. The van der Waals surface area contributed by atoms with Crippen molar-refractivity contribution in [3.05, 3.63) is 59.5 Å². The second-order valence-electron chi connectivity index (χ2n) is 7.46. The summed E-state index contributed by atoms with van der Waals surface area (Å²) in [6, 6.07) is 13.1. The lowest BCUT2D eigenvalue weighted by Crippen LogP contribution is -2.39. The molecule has 6 nitrogen and oxygen atoms in total. The normalized spacial score (nSPS) is 15.1. The van der Waals surface area contributed by atoms with Crippen molar-refractivity contribution in [2.75, 3.05) is 18.0 Å². The number of hydrogen-bond donors (Lipinski definition) is 0. The molecule has 0 N–H and O–H groups in total. The molecule has 1 aliphatic heterocycles. The standard InChI is InChI=1S/C22H18F3N5OS2/c23-22(24,25)15-4-1-2-5-17(15)31-14-9-11-30(12-10-14)19-8-7-16(26-27-19)20-28-29-21(33-20)18-6-3-13-32-18/h1-8,13-14H,9-12H2. The number of halogens is 3. The minimum Gasteiger partial charge on any atom is -0.490 e. The Morgan fingerprint density at radius 2 is 1.67 bits per heavy atom. The van der Waals surface area contributed by atoms with Crippen LogP contribution in [0.1, 0.15) is 18.4 Å². The van der Waals surface area contributed by atoms with Crippen LogP contribution < -0.4 is 9.64 Å². The maximum absolute atomic E-state index is 13.2. The zero-order chi connectivity index (χ0) is 22.8. The van der Waals surface area contributed by atoms with Crippen LogP contribution in [0, 0.1) is 0 Å². The van der Waals surface area contributed by atoms with E-state index in [-0.39, 0.29) is 11.9 Å². The Hall–Kier alpha value is -3.05. The SMILES string of the molecule is FC(F)(F)c1ccccc1OC1CCN(c2ccc(-c3nnc(-c4cccs4)s3)nn2)CC1. The van der Waals surface area contributed by atoms with Gasteiger partial charge in [0.25, 0.3) is 0 Å². The van der Waals surface area contributed by atoms with Crippen LogP contribution in [0.3, 0.4) is 0 Å². The summed E-state index contributed by atoms with van der Waals surface area (Å²) in [6.45, 7) is 1.24. The molecule has 0 aliphatic carbocycles. The Labute approximate surface area is 195 Å². The summed E-state index contributed by atoms with van der Waals surface area (Å²) in [7, 11) is 0. The number of rotatable bonds is 5. The van der Waals surface area contributed by atoms with Crippen molar-refractivity contribution in [1.82, 2.24) is 20.4 Å². The van der Waals surface area contributed by atoms with Crippen LogP contribution in [0.25, 0.3) is 20.6 Å². The highest BCUT2D eigenvalue weighted by molar-refractivity contribution is 7.22. The molecular weight excluding hydrogens is 471 g/mol. The van der Waals surface area contributed by atoms with Gasteiger partial charge in [-0.2, -0.15) is 13.2 Å². The van der Waals surface area contributed by atoms with E-state index in [2.05, 4.69) is 25.3 Å². The number of nitrogens with zero attached hydrogens (tertiary/aromatic N) is 5. The third kappa shape index (κ3) is 4.83. The fourth-order valence-electron chi connectivity index (χ4n) is 3.62. The fraction of sp³-hybridized carbons (Fsp3) is 0.273. The summed E-state index contributed by atoms with van der Waals surface area (Å²) in [5.41, 5.74) is -0.0890. The lowest BCUT2D eigenvalue weighted by atomic mass is 10.1. The summed E-state index contributed by atoms with van der Waals surface area (Å²) in [5.74, 6) is 0.599. The van der Waals surface area contributed by atoms with Gasteiger partial charge >= 0.3 is 6.18 Å². The Balaban J connectivity index is 1.21. The number of hydrogen-bond acceptors (Lipinski definition) is 8. The van der Waals surface area contributed by atoms with Crippen molar-refractivity contribution in [1.29, 1.82) is 0 Å². The number of ether oxygens (including phenoxy) is 1. The quantitative estimate of drug-likeness (QED) is 0.354. The van der Waals surface area contributed by atoms with Gasteiger partial charge in [0, 0.05) is 25.9 Å². The Kier molecular flexibility index (Phi) is 5.98. The molecule has 1 saturated heterocycles. The predicted octanol–water partition coefficient (Wildman–Crippen LogP) is 5.79. The highest BCUT2D eigenvalue weighted by Gasteiger charge is 2.35. The van der Waals surface area contributed by atoms with Gasteiger partial charge in [0.05, 0.1) is 10.4 Å². The number of piperidine rings is 1. The van der Waals surface area contributed by atoms with E-state index in [9.17, 15) is 13.2 Å². The van der Waals surface area contributed by atoms with Crippen LogP contribution in [0.2, 0.25) is 0 Å². The predicted molar refractivity (Wildman–Crippen MR) is 122 cm³/mol. The molecule has 1 fully saturated rings. The molecule has 4 aromatic rings. The van der Waals surface area contributed by atoms with E-state index in [1.165, 1.54) is 23.5 Å². The zero-order valence-electron chi connectivity index (χ0n) is 17.2. The lowest BCUT2D eigenvalue weighted by Gasteiger charge is -2.33. The highest BCUT2D eigenvalue weighted by atomic mass is 32.1. The van der Waals surface area contributed by atoms with Crippen molar-refractivity contribution in [2.24, 2.45) is 0 Å². The van der Waals surface area contributed by atoms with Crippen LogP contribution in [-0.4, -0.2) is 39.6 Å². The van der Waals surface area contributed by atoms with Crippen molar-refractivity contribution in [3.63, 3.8) is 0 Å². The van der Waals surface area contributed by atoms with Gasteiger partial charge in [0.15, 0.2) is 15.8 Å².